The number of rotatable bonds is 1. The Morgan fingerprint density at radius 3 is 1.93 bits per heavy atom. The summed E-state index contributed by atoms with van der Waals surface area (Å²) >= 11 is 0. The van der Waals surface area contributed by atoms with E-state index in [9.17, 15) is 5.21 Å². The predicted octanol–water partition coefficient (Wildman–Crippen LogP) is 2.35. The van der Waals surface area contributed by atoms with Crippen molar-refractivity contribution in [3.05, 3.63) is 0 Å². The van der Waals surface area contributed by atoms with Crippen molar-refractivity contribution >= 4 is 0 Å². The maximum Gasteiger partial charge on any atom is 0.0597 e. The van der Waals surface area contributed by atoms with Gasteiger partial charge in [0.1, 0.15) is 0 Å². The third-order valence-corrected chi connectivity index (χ3v) is 3.24. The summed E-state index contributed by atoms with van der Waals surface area (Å²) in [6.45, 7) is 14.5. The highest BCUT2D eigenvalue weighted by Crippen LogP contribution is 2.39. The molecule has 1 unspecified atom stereocenters. The number of nitrogens with one attached hydrogen (secondary N) is 1. The Morgan fingerprint density at radius 2 is 1.67 bits per heavy atom. The van der Waals surface area contributed by atoms with Crippen LogP contribution in [-0.4, -0.2) is 27.7 Å². The van der Waals surface area contributed by atoms with Crippen molar-refractivity contribution in [3.63, 3.8) is 0 Å². The molecule has 3 nitrogen and oxygen atoms in total. The van der Waals surface area contributed by atoms with E-state index in [1.54, 1.807) is 0 Å². The van der Waals surface area contributed by atoms with E-state index in [4.69, 9.17) is 0 Å². The van der Waals surface area contributed by atoms with E-state index >= 15 is 0 Å². The lowest BCUT2D eigenvalue weighted by Crippen LogP contribution is -2.55. The maximum atomic E-state index is 12.1. The molecule has 3 heteroatoms. The van der Waals surface area contributed by atoms with Crippen molar-refractivity contribution in [2.75, 3.05) is 0 Å². The second-order valence-corrected chi connectivity index (χ2v) is 6.91. The van der Waals surface area contributed by atoms with Crippen molar-refractivity contribution in [1.82, 2.24) is 10.4 Å². The van der Waals surface area contributed by atoms with Gasteiger partial charge in [-0.3, -0.25) is 0 Å². The first-order chi connectivity index (χ1) is 6.47. The highest BCUT2D eigenvalue weighted by Gasteiger charge is 2.52. The quantitative estimate of drug-likeness (QED) is 0.725. The Balaban J connectivity index is 2.85. The minimum Gasteiger partial charge on any atom is -0.307 e. The average Bonchev–Trinajstić information content (AvgIpc) is 2.09. The van der Waals surface area contributed by atoms with Gasteiger partial charge in [0.25, 0.3) is 0 Å². The zero-order chi connectivity index (χ0) is 12.1. The molecule has 1 radical (unpaired) electrons. The van der Waals surface area contributed by atoms with Crippen molar-refractivity contribution in [3.8, 4) is 0 Å². The van der Waals surface area contributed by atoms with Gasteiger partial charge in [-0.25, -0.2) is 0 Å². The minimum atomic E-state index is -0.323. The highest BCUT2D eigenvalue weighted by molar-refractivity contribution is 5.07. The predicted molar refractivity (Wildman–Crippen MR) is 62.0 cm³/mol. The standard InChI is InChI=1S/C12H25N2O/c1-10(2,3)13-9-8-11(4,5)14(15)12(9,6)7/h9,13H,8H2,1-7H3. The number of nitrogens with zero attached hydrogens (tertiary/aromatic N) is 1. The molecule has 1 fully saturated rings. The second-order valence-electron chi connectivity index (χ2n) is 6.91. The monoisotopic (exact) mass is 213 g/mol. The first-order valence-corrected chi connectivity index (χ1v) is 5.72. The Kier molecular flexibility index (Phi) is 2.97. The summed E-state index contributed by atoms with van der Waals surface area (Å²) < 4.78 is 0. The molecule has 0 saturated carbocycles. The zero-order valence-electron chi connectivity index (χ0n) is 11.1. The van der Waals surface area contributed by atoms with Crippen molar-refractivity contribution in [2.45, 2.75) is 77.5 Å². The third kappa shape index (κ3) is 2.52. The zero-order valence-corrected chi connectivity index (χ0v) is 11.1. The van der Waals surface area contributed by atoms with Gasteiger partial charge in [-0.2, -0.15) is 0 Å². The van der Waals surface area contributed by atoms with Crippen LogP contribution in [-0.2, 0) is 5.21 Å². The van der Waals surface area contributed by atoms with Crippen LogP contribution in [0.2, 0.25) is 0 Å². The summed E-state index contributed by atoms with van der Waals surface area (Å²) in [5, 5.41) is 16.9. The van der Waals surface area contributed by atoms with E-state index in [1.165, 1.54) is 5.06 Å². The Bertz CT molecular complexity index is 238. The topological polar surface area (TPSA) is 35.2 Å². The van der Waals surface area contributed by atoms with Gasteiger partial charge in [-0.05, 0) is 54.9 Å². The SMILES string of the molecule is CC(C)(C)NC1CC(C)(C)N([O])C1(C)C. The summed E-state index contributed by atoms with van der Waals surface area (Å²) in [5.41, 5.74) is -0.521. The van der Waals surface area contributed by atoms with E-state index < -0.39 is 0 Å². The fourth-order valence-corrected chi connectivity index (χ4v) is 2.50. The van der Waals surface area contributed by atoms with Gasteiger partial charge in [-0.1, -0.05) is 0 Å². The number of hydrogen-bond acceptors (Lipinski definition) is 2. The molecule has 0 spiro atoms. The average molecular weight is 213 g/mol. The molecular weight excluding hydrogens is 188 g/mol. The van der Waals surface area contributed by atoms with Crippen LogP contribution in [0.25, 0.3) is 0 Å². The third-order valence-electron chi connectivity index (χ3n) is 3.24. The lowest BCUT2D eigenvalue weighted by molar-refractivity contribution is -0.246. The van der Waals surface area contributed by atoms with Crippen LogP contribution >= 0.6 is 0 Å². The van der Waals surface area contributed by atoms with E-state index in [0.717, 1.165) is 6.42 Å². The normalized spacial score (nSPS) is 30.8. The van der Waals surface area contributed by atoms with E-state index in [-0.39, 0.29) is 22.7 Å². The van der Waals surface area contributed by atoms with Gasteiger partial charge >= 0.3 is 0 Å². The molecule has 1 aliphatic heterocycles. The summed E-state index contributed by atoms with van der Waals surface area (Å²) in [5.74, 6) is 0. The number of hydrogen-bond donors (Lipinski definition) is 1. The summed E-state index contributed by atoms with van der Waals surface area (Å²) in [7, 11) is 0. The molecular formula is C12H25N2O. The molecule has 1 N–H and O–H groups in total. The van der Waals surface area contributed by atoms with Crippen LogP contribution in [0.1, 0.15) is 54.9 Å². The minimum absolute atomic E-state index is 0.0587. The molecule has 0 aliphatic carbocycles. The fraction of sp³-hybridized carbons (Fsp3) is 1.00. The molecule has 1 heterocycles. The summed E-state index contributed by atoms with van der Waals surface area (Å²) in [6, 6.07) is 0.255. The molecule has 0 bridgehead atoms. The fourth-order valence-electron chi connectivity index (χ4n) is 2.50. The molecule has 1 aliphatic rings. The number of hydroxylamine groups is 2. The first-order valence-electron chi connectivity index (χ1n) is 5.72. The molecule has 1 saturated heterocycles. The molecule has 0 amide bonds. The van der Waals surface area contributed by atoms with E-state index in [1.807, 2.05) is 27.7 Å². The summed E-state index contributed by atoms with van der Waals surface area (Å²) in [6.07, 6.45) is 0.904. The molecule has 1 atom stereocenters. The van der Waals surface area contributed by atoms with Crippen LogP contribution in [0, 0.1) is 0 Å². The Morgan fingerprint density at radius 1 is 1.20 bits per heavy atom. The molecule has 0 aromatic carbocycles. The highest BCUT2D eigenvalue weighted by atomic mass is 16.5. The first kappa shape index (κ1) is 12.9. The lowest BCUT2D eigenvalue weighted by atomic mass is 9.92. The van der Waals surface area contributed by atoms with Crippen molar-refractivity contribution in [2.24, 2.45) is 0 Å². The molecule has 0 aromatic heterocycles. The molecule has 0 aromatic rings. The molecule has 1 rings (SSSR count). The second kappa shape index (κ2) is 3.44. The van der Waals surface area contributed by atoms with Crippen molar-refractivity contribution in [1.29, 1.82) is 0 Å². The van der Waals surface area contributed by atoms with Gasteiger partial charge in [0, 0.05) is 17.1 Å². The van der Waals surface area contributed by atoms with Crippen LogP contribution in [0.5, 0.6) is 0 Å². The van der Waals surface area contributed by atoms with Gasteiger partial charge in [0.05, 0.1) is 5.54 Å². The van der Waals surface area contributed by atoms with Crippen LogP contribution in [0.4, 0.5) is 0 Å². The lowest BCUT2D eigenvalue weighted by Gasteiger charge is -2.36. The van der Waals surface area contributed by atoms with Crippen LogP contribution in [0.3, 0.4) is 0 Å². The van der Waals surface area contributed by atoms with Crippen LogP contribution < -0.4 is 5.32 Å². The van der Waals surface area contributed by atoms with Gasteiger partial charge in [0.2, 0.25) is 0 Å². The van der Waals surface area contributed by atoms with E-state index in [2.05, 4.69) is 26.1 Å². The summed E-state index contributed by atoms with van der Waals surface area (Å²) in [4.78, 5) is 0. The van der Waals surface area contributed by atoms with Gasteiger partial charge in [-0.15, -0.1) is 10.3 Å². The molecule has 89 valence electrons. The van der Waals surface area contributed by atoms with Crippen molar-refractivity contribution < 1.29 is 5.21 Å². The van der Waals surface area contributed by atoms with E-state index in [0.29, 0.717) is 0 Å². The van der Waals surface area contributed by atoms with Gasteiger partial charge in [0.15, 0.2) is 0 Å². The maximum absolute atomic E-state index is 12.1. The van der Waals surface area contributed by atoms with Crippen LogP contribution in [0.15, 0.2) is 0 Å². The Labute approximate surface area is 93.8 Å². The Hall–Kier alpha value is -0.120. The molecule has 15 heavy (non-hydrogen) atoms. The van der Waals surface area contributed by atoms with Gasteiger partial charge < -0.3 is 5.32 Å². The smallest absolute Gasteiger partial charge is 0.0597 e. The largest absolute Gasteiger partial charge is 0.307 e.